The van der Waals surface area contributed by atoms with Crippen molar-refractivity contribution in [1.29, 1.82) is 0 Å². The Kier molecular flexibility index (Phi) is 3.84. The van der Waals surface area contributed by atoms with Crippen molar-refractivity contribution in [2.45, 2.75) is 24.8 Å². The second kappa shape index (κ2) is 5.78. The molecule has 2 aromatic rings. The van der Waals surface area contributed by atoms with Crippen LogP contribution in [0.15, 0.2) is 48.5 Å². The maximum atomic E-state index is 11.2. The van der Waals surface area contributed by atoms with Gasteiger partial charge in [-0.15, -0.1) is 0 Å². The number of hydrogen-bond acceptors (Lipinski definition) is 2. The van der Waals surface area contributed by atoms with E-state index in [1.807, 2.05) is 30.3 Å². The van der Waals surface area contributed by atoms with Crippen LogP contribution in [0.3, 0.4) is 0 Å². The van der Waals surface area contributed by atoms with Crippen molar-refractivity contribution in [3.63, 3.8) is 0 Å². The Morgan fingerprint density at radius 3 is 2.48 bits per heavy atom. The Labute approximate surface area is 128 Å². The van der Waals surface area contributed by atoms with Crippen molar-refractivity contribution >= 4 is 23.3 Å². The zero-order valence-corrected chi connectivity index (χ0v) is 12.2. The minimum absolute atomic E-state index is 0.298. The van der Waals surface area contributed by atoms with Gasteiger partial charge in [-0.3, -0.25) is 0 Å². The molecule has 0 radical (unpaired) electrons. The van der Waals surface area contributed by atoms with Gasteiger partial charge < -0.3 is 10.4 Å². The number of carboxylic acids is 1. The van der Waals surface area contributed by atoms with Crippen LogP contribution in [0, 0.1) is 0 Å². The van der Waals surface area contributed by atoms with E-state index in [9.17, 15) is 9.90 Å². The molecule has 0 amide bonds. The molecule has 2 aromatic carbocycles. The lowest BCUT2D eigenvalue weighted by molar-refractivity contribution is 0.0698. The predicted octanol–water partition coefficient (Wildman–Crippen LogP) is 4.40. The second-order valence-electron chi connectivity index (χ2n) is 5.38. The predicted molar refractivity (Wildman–Crippen MR) is 84.2 cm³/mol. The lowest BCUT2D eigenvalue weighted by Crippen LogP contribution is -2.34. The number of halogens is 1. The summed E-state index contributed by atoms with van der Waals surface area (Å²) in [6, 6.07) is 15.2. The van der Waals surface area contributed by atoms with Crippen molar-refractivity contribution in [1.82, 2.24) is 0 Å². The van der Waals surface area contributed by atoms with Gasteiger partial charge in [0, 0.05) is 16.8 Å². The molecule has 0 saturated heterocycles. The number of nitrogens with one attached hydrogen (secondary N) is 1. The lowest BCUT2D eigenvalue weighted by atomic mass is 9.75. The zero-order chi connectivity index (χ0) is 14.8. The minimum Gasteiger partial charge on any atom is -0.478 e. The maximum absolute atomic E-state index is 11.2. The van der Waals surface area contributed by atoms with Crippen LogP contribution in [0.25, 0.3) is 0 Å². The summed E-state index contributed by atoms with van der Waals surface area (Å²) < 4.78 is 0. The van der Waals surface area contributed by atoms with Gasteiger partial charge in [-0.2, -0.15) is 0 Å². The van der Waals surface area contributed by atoms with Crippen LogP contribution >= 0.6 is 11.6 Å². The summed E-state index contributed by atoms with van der Waals surface area (Å²) in [7, 11) is 0. The van der Waals surface area contributed by atoms with E-state index in [1.165, 1.54) is 5.56 Å². The van der Waals surface area contributed by atoms with Crippen LogP contribution in [-0.2, 0) is 0 Å². The van der Waals surface area contributed by atoms with Crippen molar-refractivity contribution in [3.8, 4) is 0 Å². The van der Waals surface area contributed by atoms with Crippen molar-refractivity contribution < 1.29 is 9.90 Å². The summed E-state index contributed by atoms with van der Waals surface area (Å²) in [4.78, 5) is 11.2. The first-order valence-corrected chi connectivity index (χ1v) is 7.36. The first-order valence-electron chi connectivity index (χ1n) is 6.98. The van der Waals surface area contributed by atoms with Gasteiger partial charge in [0.1, 0.15) is 0 Å². The lowest BCUT2D eigenvalue weighted by Gasteiger charge is -2.37. The number of benzene rings is 2. The van der Waals surface area contributed by atoms with Gasteiger partial charge in [-0.25, -0.2) is 4.79 Å². The fourth-order valence-electron chi connectivity index (χ4n) is 2.81. The molecule has 1 saturated carbocycles. The number of anilines is 1. The average Bonchev–Trinajstić information content (AvgIpc) is 2.44. The molecular weight excluding hydrogens is 286 g/mol. The maximum Gasteiger partial charge on any atom is 0.337 e. The van der Waals surface area contributed by atoms with Crippen molar-refractivity contribution in [2.24, 2.45) is 0 Å². The molecule has 3 nitrogen and oxygen atoms in total. The molecule has 0 atom stereocenters. The number of carbonyl (C=O) groups is 1. The molecular formula is C17H16ClNO2. The van der Waals surface area contributed by atoms with Crippen LogP contribution in [0.5, 0.6) is 0 Å². The molecule has 1 fully saturated rings. The Bertz CT molecular complexity index is 665. The van der Waals surface area contributed by atoms with Crippen molar-refractivity contribution in [3.05, 3.63) is 64.7 Å². The largest absolute Gasteiger partial charge is 0.478 e. The Hall–Kier alpha value is -2.00. The third kappa shape index (κ3) is 2.88. The van der Waals surface area contributed by atoms with Gasteiger partial charge in [-0.1, -0.05) is 41.9 Å². The standard InChI is InChI=1S/C17H16ClNO2/c18-15-7-3-1-5-13(15)11-9-12(10-11)19-16-8-4-2-6-14(16)17(20)21/h1-8,11-12,19H,9-10H2,(H,20,21). The third-order valence-corrected chi connectivity index (χ3v) is 4.34. The smallest absolute Gasteiger partial charge is 0.337 e. The van der Waals surface area contributed by atoms with Gasteiger partial charge in [0.2, 0.25) is 0 Å². The van der Waals surface area contributed by atoms with E-state index in [4.69, 9.17) is 11.6 Å². The van der Waals surface area contributed by atoms with E-state index in [1.54, 1.807) is 12.1 Å². The fourth-order valence-corrected chi connectivity index (χ4v) is 3.10. The van der Waals surface area contributed by atoms with Crippen LogP contribution < -0.4 is 5.32 Å². The van der Waals surface area contributed by atoms with Crippen LogP contribution in [0.4, 0.5) is 5.69 Å². The molecule has 0 heterocycles. The number of carboxylic acid groups (broad SMARTS) is 1. The normalized spacial score (nSPS) is 20.6. The Morgan fingerprint density at radius 1 is 1.10 bits per heavy atom. The molecule has 1 aliphatic rings. The molecule has 21 heavy (non-hydrogen) atoms. The highest BCUT2D eigenvalue weighted by Crippen LogP contribution is 2.41. The van der Waals surface area contributed by atoms with Crippen LogP contribution in [-0.4, -0.2) is 17.1 Å². The molecule has 3 rings (SSSR count). The molecule has 0 aromatic heterocycles. The third-order valence-electron chi connectivity index (χ3n) is 4.00. The molecule has 108 valence electrons. The van der Waals surface area contributed by atoms with E-state index in [-0.39, 0.29) is 0 Å². The average molecular weight is 302 g/mol. The monoisotopic (exact) mass is 301 g/mol. The molecule has 0 aliphatic heterocycles. The van der Waals surface area contributed by atoms with Gasteiger partial charge in [0.05, 0.1) is 5.56 Å². The molecule has 0 unspecified atom stereocenters. The highest BCUT2D eigenvalue weighted by atomic mass is 35.5. The number of rotatable bonds is 4. The summed E-state index contributed by atoms with van der Waals surface area (Å²) in [5, 5.41) is 13.3. The molecule has 0 spiro atoms. The molecule has 1 aliphatic carbocycles. The SMILES string of the molecule is O=C(O)c1ccccc1NC1CC(c2ccccc2Cl)C1. The molecule has 4 heteroatoms. The van der Waals surface area contributed by atoms with E-state index in [0.717, 1.165) is 17.9 Å². The minimum atomic E-state index is -0.903. The summed E-state index contributed by atoms with van der Waals surface area (Å²) in [6.45, 7) is 0. The van der Waals surface area contributed by atoms with Gasteiger partial charge in [0.25, 0.3) is 0 Å². The molecule has 0 bridgehead atoms. The molecule has 2 N–H and O–H groups in total. The summed E-state index contributed by atoms with van der Waals surface area (Å²) in [6.07, 6.45) is 1.94. The van der Waals surface area contributed by atoms with E-state index in [0.29, 0.717) is 23.2 Å². The van der Waals surface area contributed by atoms with E-state index in [2.05, 4.69) is 11.4 Å². The fraction of sp³-hybridized carbons (Fsp3) is 0.235. The highest BCUT2D eigenvalue weighted by Gasteiger charge is 2.31. The van der Waals surface area contributed by atoms with Gasteiger partial charge >= 0.3 is 5.97 Å². The van der Waals surface area contributed by atoms with Gasteiger partial charge in [-0.05, 0) is 42.5 Å². The summed E-state index contributed by atoms with van der Waals surface area (Å²) in [5.41, 5.74) is 2.19. The number of para-hydroxylation sites is 1. The van der Waals surface area contributed by atoms with Crippen LogP contribution in [0.2, 0.25) is 5.02 Å². The summed E-state index contributed by atoms with van der Waals surface area (Å²) in [5.74, 6) is -0.451. The van der Waals surface area contributed by atoms with Crippen molar-refractivity contribution in [2.75, 3.05) is 5.32 Å². The van der Waals surface area contributed by atoms with Gasteiger partial charge in [0.15, 0.2) is 0 Å². The second-order valence-corrected chi connectivity index (χ2v) is 5.79. The number of aromatic carboxylic acids is 1. The summed E-state index contributed by atoms with van der Waals surface area (Å²) >= 11 is 6.21. The quantitative estimate of drug-likeness (QED) is 0.880. The van der Waals surface area contributed by atoms with E-state index >= 15 is 0 Å². The Balaban J connectivity index is 1.66. The Morgan fingerprint density at radius 2 is 1.76 bits per heavy atom. The van der Waals surface area contributed by atoms with E-state index < -0.39 is 5.97 Å². The number of hydrogen-bond donors (Lipinski definition) is 2. The highest BCUT2D eigenvalue weighted by molar-refractivity contribution is 6.31. The zero-order valence-electron chi connectivity index (χ0n) is 11.4. The first kappa shape index (κ1) is 14.0. The van der Waals surface area contributed by atoms with Crippen LogP contribution in [0.1, 0.15) is 34.7 Å². The topological polar surface area (TPSA) is 49.3 Å². The first-order chi connectivity index (χ1) is 10.1.